The maximum absolute atomic E-state index is 15.0. The Kier molecular flexibility index (Phi) is 9.14. The summed E-state index contributed by atoms with van der Waals surface area (Å²) in [6, 6.07) is 17.7. The lowest BCUT2D eigenvalue weighted by Gasteiger charge is -2.19. The number of sulfone groups is 1. The van der Waals surface area contributed by atoms with Crippen LogP contribution in [-0.2, 0) is 22.2 Å². The number of aromatic hydroxyl groups is 1. The number of phenols is 1. The second kappa shape index (κ2) is 12.8. The van der Waals surface area contributed by atoms with Crippen molar-refractivity contribution in [3.63, 3.8) is 0 Å². The predicted molar refractivity (Wildman–Crippen MR) is 159 cm³/mol. The van der Waals surface area contributed by atoms with E-state index in [0.29, 0.717) is 36.8 Å². The second-order valence-corrected chi connectivity index (χ2v) is 13.1. The van der Waals surface area contributed by atoms with E-state index >= 15 is 8.78 Å². The van der Waals surface area contributed by atoms with Crippen LogP contribution < -0.4 is 15.6 Å². The van der Waals surface area contributed by atoms with Gasteiger partial charge in [-0.1, -0.05) is 43.2 Å². The van der Waals surface area contributed by atoms with Gasteiger partial charge < -0.3 is 25.3 Å². The summed E-state index contributed by atoms with van der Waals surface area (Å²) in [5.74, 6) is -3.20. The molecule has 1 atom stereocenters. The highest BCUT2D eigenvalue weighted by Crippen LogP contribution is 2.34. The topological polar surface area (TPSA) is 129 Å². The molecule has 1 aliphatic carbocycles. The molecule has 4 N–H and O–H groups in total. The molecular weight excluding hydrogens is 578 g/mol. The van der Waals surface area contributed by atoms with Gasteiger partial charge in [0, 0.05) is 23.6 Å². The summed E-state index contributed by atoms with van der Waals surface area (Å²) in [5, 5.41) is 23.9. The van der Waals surface area contributed by atoms with E-state index in [0.717, 1.165) is 24.5 Å². The minimum atomic E-state index is -3.65. The molecule has 1 saturated carbocycles. The number of benzene rings is 3. The summed E-state index contributed by atoms with van der Waals surface area (Å²) in [5.41, 5.74) is 1.01. The molecule has 3 aromatic carbocycles. The second-order valence-electron chi connectivity index (χ2n) is 10.9. The maximum Gasteiger partial charge on any atom is 0.306 e. The van der Waals surface area contributed by atoms with Gasteiger partial charge in [-0.3, -0.25) is 4.79 Å². The molecule has 0 saturated heterocycles. The predicted octanol–water partition coefficient (Wildman–Crippen LogP) is 4.99. The molecule has 11 heteroatoms. The molecule has 43 heavy (non-hydrogen) atoms. The minimum absolute atomic E-state index is 0.0742. The standard InChI is InChI=1S/C32H34F2N2O6S/c33-32(34,22-4-3-7-25(18-22)43(40,41)24-5-1-2-6-24)20-42-23-10-8-21(9-11-23)16-17-35-19-29(38)26-12-14-28(37)31-27(26)13-15-30(39)36-31/h3-4,7-15,18,24,29,35,37-38H,1-2,5-6,16-17,19-20H2,(H,36,39). The summed E-state index contributed by atoms with van der Waals surface area (Å²) in [6.07, 6.45) is 2.50. The van der Waals surface area contributed by atoms with E-state index in [2.05, 4.69) is 10.3 Å². The van der Waals surface area contributed by atoms with Crippen LogP contribution in [0.5, 0.6) is 11.5 Å². The van der Waals surface area contributed by atoms with Gasteiger partial charge >= 0.3 is 5.92 Å². The molecule has 4 aromatic rings. The number of aliphatic hydroxyl groups excluding tert-OH is 1. The van der Waals surface area contributed by atoms with Crippen LogP contribution in [0, 0.1) is 0 Å². The molecule has 0 spiro atoms. The average molecular weight is 613 g/mol. The monoisotopic (exact) mass is 612 g/mol. The number of ether oxygens (including phenoxy) is 1. The Hall–Kier alpha value is -3.80. The fraction of sp³-hybridized carbons (Fsp3) is 0.344. The van der Waals surface area contributed by atoms with Crippen LogP contribution in [0.1, 0.15) is 48.5 Å². The molecule has 8 nitrogen and oxygen atoms in total. The summed E-state index contributed by atoms with van der Waals surface area (Å²) in [4.78, 5) is 14.1. The van der Waals surface area contributed by atoms with Gasteiger partial charge in [0.25, 0.3) is 0 Å². The largest absolute Gasteiger partial charge is 0.506 e. The summed E-state index contributed by atoms with van der Waals surface area (Å²) in [7, 11) is -3.65. The minimum Gasteiger partial charge on any atom is -0.506 e. The number of aliphatic hydroxyl groups is 1. The van der Waals surface area contributed by atoms with Gasteiger partial charge in [0.1, 0.15) is 11.5 Å². The Morgan fingerprint density at radius 2 is 1.77 bits per heavy atom. The number of rotatable bonds is 12. The van der Waals surface area contributed by atoms with E-state index in [-0.39, 0.29) is 34.0 Å². The number of H-pyrrole nitrogens is 1. The number of pyridine rings is 1. The Morgan fingerprint density at radius 3 is 2.51 bits per heavy atom. The van der Waals surface area contributed by atoms with Gasteiger partial charge in [-0.15, -0.1) is 0 Å². The van der Waals surface area contributed by atoms with Crippen LogP contribution in [-0.4, -0.2) is 48.6 Å². The average Bonchev–Trinajstić information content (AvgIpc) is 3.56. The molecule has 1 unspecified atom stereocenters. The normalized spacial score (nSPS) is 15.1. The molecule has 228 valence electrons. The Balaban J connectivity index is 1.12. The molecule has 1 aromatic heterocycles. The number of alkyl halides is 2. The molecule has 5 rings (SSSR count). The summed E-state index contributed by atoms with van der Waals surface area (Å²) >= 11 is 0. The molecular formula is C32H34F2N2O6S. The van der Waals surface area contributed by atoms with E-state index in [9.17, 15) is 23.4 Å². The number of phenolic OH excluding ortho intramolecular Hbond substituents is 1. The molecule has 0 bridgehead atoms. The first-order valence-corrected chi connectivity index (χ1v) is 15.8. The van der Waals surface area contributed by atoms with E-state index in [1.807, 2.05) is 0 Å². The zero-order valence-corrected chi connectivity index (χ0v) is 24.2. The number of hydrogen-bond donors (Lipinski definition) is 4. The molecule has 1 heterocycles. The van der Waals surface area contributed by atoms with Crippen molar-refractivity contribution in [3.05, 3.63) is 99.8 Å². The van der Waals surface area contributed by atoms with Crippen LogP contribution >= 0.6 is 0 Å². The first kappa shape index (κ1) is 30.7. The van der Waals surface area contributed by atoms with Crippen molar-refractivity contribution in [1.29, 1.82) is 0 Å². The zero-order valence-electron chi connectivity index (χ0n) is 23.4. The third-order valence-electron chi connectivity index (χ3n) is 7.86. The van der Waals surface area contributed by atoms with Gasteiger partial charge in [-0.25, -0.2) is 8.42 Å². The highest BCUT2D eigenvalue weighted by Gasteiger charge is 2.36. The Bertz CT molecular complexity index is 1740. The van der Waals surface area contributed by atoms with Crippen molar-refractivity contribution in [3.8, 4) is 11.5 Å². The van der Waals surface area contributed by atoms with E-state index in [4.69, 9.17) is 4.74 Å². The molecule has 0 amide bonds. The molecule has 1 aliphatic rings. The lowest BCUT2D eigenvalue weighted by atomic mass is 10.0. The van der Waals surface area contributed by atoms with Crippen molar-refractivity contribution >= 4 is 20.7 Å². The SMILES string of the molecule is O=c1ccc2c(C(O)CNCCc3ccc(OCC(F)(F)c4cccc(S(=O)(=O)C5CCCC5)c4)cc3)ccc(O)c2[nH]1. The van der Waals surface area contributed by atoms with Gasteiger partial charge in [0.05, 0.1) is 21.8 Å². The van der Waals surface area contributed by atoms with Crippen molar-refractivity contribution in [2.24, 2.45) is 0 Å². The highest BCUT2D eigenvalue weighted by molar-refractivity contribution is 7.92. The maximum atomic E-state index is 15.0. The van der Waals surface area contributed by atoms with Crippen molar-refractivity contribution in [2.45, 2.75) is 54.3 Å². The number of fused-ring (bicyclic) bond motifs is 1. The molecule has 0 aliphatic heterocycles. The lowest BCUT2D eigenvalue weighted by molar-refractivity contribution is -0.0468. The van der Waals surface area contributed by atoms with Gasteiger partial charge in [-0.05, 0) is 73.3 Å². The van der Waals surface area contributed by atoms with Crippen molar-refractivity contribution in [1.82, 2.24) is 10.3 Å². The first-order chi connectivity index (χ1) is 20.5. The fourth-order valence-corrected chi connectivity index (χ4v) is 7.33. The quantitative estimate of drug-likeness (QED) is 0.166. The lowest BCUT2D eigenvalue weighted by Crippen LogP contribution is -2.24. The van der Waals surface area contributed by atoms with Gasteiger partial charge in [0.15, 0.2) is 16.4 Å². The van der Waals surface area contributed by atoms with Gasteiger partial charge in [-0.2, -0.15) is 8.78 Å². The number of nitrogens with one attached hydrogen (secondary N) is 2. The van der Waals surface area contributed by atoms with E-state index in [1.54, 1.807) is 36.4 Å². The fourth-order valence-electron chi connectivity index (χ4n) is 5.43. The van der Waals surface area contributed by atoms with Crippen LogP contribution in [0.4, 0.5) is 8.78 Å². The molecule has 0 radical (unpaired) electrons. The highest BCUT2D eigenvalue weighted by atomic mass is 32.2. The van der Waals surface area contributed by atoms with Crippen LogP contribution in [0.2, 0.25) is 0 Å². The van der Waals surface area contributed by atoms with E-state index < -0.39 is 39.3 Å². The number of aromatic nitrogens is 1. The first-order valence-electron chi connectivity index (χ1n) is 14.2. The van der Waals surface area contributed by atoms with Crippen molar-refractivity contribution in [2.75, 3.05) is 19.7 Å². The number of aromatic amines is 1. The number of halogens is 2. The molecule has 1 fully saturated rings. The Morgan fingerprint density at radius 1 is 1.02 bits per heavy atom. The van der Waals surface area contributed by atoms with Gasteiger partial charge in [0.2, 0.25) is 5.56 Å². The Labute approximate surface area is 248 Å². The third kappa shape index (κ3) is 7.06. The zero-order chi connectivity index (χ0) is 30.6. The summed E-state index contributed by atoms with van der Waals surface area (Å²) < 4.78 is 61.1. The summed E-state index contributed by atoms with van der Waals surface area (Å²) in [6.45, 7) is -0.167. The third-order valence-corrected chi connectivity index (χ3v) is 10.1. The van der Waals surface area contributed by atoms with Crippen molar-refractivity contribution < 1.29 is 32.1 Å². The smallest absolute Gasteiger partial charge is 0.306 e. The van der Waals surface area contributed by atoms with Crippen LogP contribution in [0.25, 0.3) is 10.9 Å². The van der Waals surface area contributed by atoms with Crippen LogP contribution in [0.15, 0.2) is 82.5 Å². The van der Waals surface area contributed by atoms with E-state index in [1.165, 1.54) is 30.3 Å². The van der Waals surface area contributed by atoms with Crippen LogP contribution in [0.3, 0.4) is 0 Å². The number of hydrogen-bond acceptors (Lipinski definition) is 7.